The molecule has 6 nitrogen and oxygen atoms in total. The highest BCUT2D eigenvalue weighted by molar-refractivity contribution is 7.00. The number of ether oxygens (including phenoxy) is 2. The van der Waals surface area contributed by atoms with E-state index in [2.05, 4.69) is 159 Å². The summed E-state index contributed by atoms with van der Waals surface area (Å²) in [6.07, 6.45) is 0.820. The number of fused-ring (bicyclic) bond motifs is 8. The number of nitrogens with zero attached hydrogens (tertiary/aromatic N) is 2. The first-order valence-corrected chi connectivity index (χ1v) is 21.3. The van der Waals surface area contributed by atoms with Crippen LogP contribution in [0.25, 0.3) is 44.6 Å². The van der Waals surface area contributed by atoms with Gasteiger partial charge in [0, 0.05) is 56.8 Å². The van der Waals surface area contributed by atoms with Gasteiger partial charge >= 0.3 is 0 Å². The van der Waals surface area contributed by atoms with Gasteiger partial charge in [0.15, 0.2) is 11.5 Å². The van der Waals surface area contributed by atoms with Crippen LogP contribution in [0.15, 0.2) is 160 Å². The number of hydrogen-bond acceptors (Lipinski definition) is 6. The van der Waals surface area contributed by atoms with E-state index < -0.39 is 0 Å². The summed E-state index contributed by atoms with van der Waals surface area (Å²) in [5.41, 5.74) is 16.4. The molecular weight excluding hydrogens is 751 g/mol. The molecule has 0 bridgehead atoms. The molecule has 7 heteroatoms. The van der Waals surface area contributed by atoms with Gasteiger partial charge in [-0.2, -0.15) is 0 Å². The summed E-state index contributed by atoms with van der Waals surface area (Å²) in [5.74, 6) is 3.27. The Balaban J connectivity index is 1.11. The molecule has 0 unspecified atom stereocenters. The lowest BCUT2D eigenvalue weighted by Gasteiger charge is -2.45. The SMILES string of the molecule is Cc1cc2c3c(c1)N(c1ccc(C(C)(C)C)cc1)c1c(ccc4c1OCCCO4)B3c1cc(-c3cc4ccccc4o3)ccc1N2c1ccc(-c2cc3ccccc3o2)cc1. The Morgan fingerprint density at radius 2 is 1.15 bits per heavy atom. The van der Waals surface area contributed by atoms with Crippen LogP contribution in [-0.4, -0.2) is 19.9 Å². The average molecular weight is 795 g/mol. The molecule has 12 rings (SSSR count). The van der Waals surface area contributed by atoms with E-state index in [1.54, 1.807) is 0 Å². The molecule has 296 valence electrons. The summed E-state index contributed by atoms with van der Waals surface area (Å²) in [6.45, 7) is 10.1. The number of anilines is 6. The molecule has 61 heavy (non-hydrogen) atoms. The van der Waals surface area contributed by atoms with Crippen LogP contribution in [-0.2, 0) is 5.41 Å². The van der Waals surface area contributed by atoms with Crippen LogP contribution in [0.5, 0.6) is 11.5 Å². The maximum atomic E-state index is 6.74. The van der Waals surface area contributed by atoms with Crippen LogP contribution in [0.1, 0.15) is 38.3 Å². The number of benzene rings is 7. The molecule has 7 aromatic carbocycles. The minimum atomic E-state index is -0.117. The molecule has 0 aliphatic carbocycles. The van der Waals surface area contributed by atoms with Crippen LogP contribution in [0.2, 0.25) is 0 Å². The predicted octanol–water partition coefficient (Wildman–Crippen LogP) is 12.4. The van der Waals surface area contributed by atoms with Gasteiger partial charge in [0.25, 0.3) is 6.71 Å². The van der Waals surface area contributed by atoms with Crippen molar-refractivity contribution in [3.05, 3.63) is 163 Å². The van der Waals surface area contributed by atoms with E-state index in [4.69, 9.17) is 18.3 Å². The first-order chi connectivity index (χ1) is 29.8. The molecule has 0 atom stereocenters. The van der Waals surface area contributed by atoms with Crippen molar-refractivity contribution in [2.75, 3.05) is 23.0 Å². The second-order valence-electron chi connectivity index (χ2n) is 17.6. The first-order valence-electron chi connectivity index (χ1n) is 21.3. The van der Waals surface area contributed by atoms with Gasteiger partial charge in [0.1, 0.15) is 22.7 Å². The Kier molecular flexibility index (Phi) is 7.89. The third-order valence-corrected chi connectivity index (χ3v) is 12.6. The lowest BCUT2D eigenvalue weighted by Crippen LogP contribution is -2.61. The van der Waals surface area contributed by atoms with Crippen molar-refractivity contribution in [3.8, 4) is 34.1 Å². The fraction of sp³-hybridized carbons (Fsp3) is 0.148. The molecule has 0 radical (unpaired) electrons. The summed E-state index contributed by atoms with van der Waals surface area (Å²) < 4.78 is 26.0. The standard InChI is InChI=1S/C54H43BN2O4/c1-33-28-44-51-45(29-33)57(40-21-17-38(18-22-40)54(2,3)4)52-41(23-25-48-53(52)59-27-9-26-58-48)55(51)42-30-37(50-32-36-11-6-8-13-47(36)61-50)16-24-43(42)56(44)39-19-14-34(15-20-39)49-31-35-10-5-7-12-46(35)60-49/h5-8,10-25,28-32H,9,26-27H2,1-4H3. The minimum Gasteiger partial charge on any atom is -0.489 e. The molecule has 2 aromatic heterocycles. The minimum absolute atomic E-state index is 0.0156. The smallest absolute Gasteiger partial charge is 0.252 e. The van der Waals surface area contributed by atoms with Gasteiger partial charge in [-0.15, -0.1) is 0 Å². The Morgan fingerprint density at radius 1 is 0.541 bits per heavy atom. The van der Waals surface area contributed by atoms with E-state index in [9.17, 15) is 0 Å². The van der Waals surface area contributed by atoms with Crippen LogP contribution in [0.4, 0.5) is 34.1 Å². The third kappa shape index (κ3) is 5.71. The van der Waals surface area contributed by atoms with Crippen molar-refractivity contribution < 1.29 is 18.3 Å². The van der Waals surface area contributed by atoms with Crippen LogP contribution in [0, 0.1) is 6.92 Å². The third-order valence-electron chi connectivity index (χ3n) is 12.6. The molecule has 0 spiro atoms. The zero-order valence-corrected chi connectivity index (χ0v) is 34.7. The fourth-order valence-electron chi connectivity index (χ4n) is 9.68. The maximum Gasteiger partial charge on any atom is 0.252 e. The summed E-state index contributed by atoms with van der Waals surface area (Å²) in [6, 6.07) is 54.4. The van der Waals surface area contributed by atoms with E-state index in [0.29, 0.717) is 13.2 Å². The Hall–Kier alpha value is -7.12. The molecule has 0 saturated heterocycles. The number of aryl methyl sites for hydroxylation is 1. The lowest BCUT2D eigenvalue weighted by atomic mass is 9.33. The van der Waals surface area contributed by atoms with Crippen molar-refractivity contribution >= 4 is 79.2 Å². The van der Waals surface area contributed by atoms with E-state index in [1.807, 2.05) is 30.3 Å². The van der Waals surface area contributed by atoms with Gasteiger partial charge in [-0.1, -0.05) is 81.4 Å². The van der Waals surface area contributed by atoms with E-state index in [0.717, 1.165) is 102 Å². The molecule has 0 fully saturated rings. The summed E-state index contributed by atoms with van der Waals surface area (Å²) >= 11 is 0. The second kappa shape index (κ2) is 13.4. The first kappa shape index (κ1) is 35.8. The zero-order valence-electron chi connectivity index (χ0n) is 34.7. The number of para-hydroxylation sites is 2. The molecule has 0 saturated carbocycles. The fourth-order valence-corrected chi connectivity index (χ4v) is 9.68. The highest BCUT2D eigenvalue weighted by Crippen LogP contribution is 2.50. The number of hydrogen-bond donors (Lipinski definition) is 0. The van der Waals surface area contributed by atoms with Gasteiger partial charge in [-0.3, -0.25) is 0 Å². The van der Waals surface area contributed by atoms with E-state index in [-0.39, 0.29) is 12.1 Å². The Morgan fingerprint density at radius 3 is 1.84 bits per heavy atom. The highest BCUT2D eigenvalue weighted by Gasteiger charge is 2.45. The molecule has 5 heterocycles. The van der Waals surface area contributed by atoms with Gasteiger partial charge in [-0.25, -0.2) is 0 Å². The normalized spacial score (nSPS) is 14.2. The summed E-state index contributed by atoms with van der Waals surface area (Å²) in [4.78, 5) is 4.87. The van der Waals surface area contributed by atoms with Crippen molar-refractivity contribution in [1.29, 1.82) is 0 Å². The van der Waals surface area contributed by atoms with E-state index >= 15 is 0 Å². The van der Waals surface area contributed by atoms with Crippen LogP contribution >= 0.6 is 0 Å². The molecule has 9 aromatic rings. The van der Waals surface area contributed by atoms with Gasteiger partial charge in [0.2, 0.25) is 0 Å². The van der Waals surface area contributed by atoms with Crippen molar-refractivity contribution in [2.45, 2.75) is 39.5 Å². The molecule has 3 aliphatic rings. The average Bonchev–Trinajstić information content (AvgIpc) is 3.84. The monoisotopic (exact) mass is 794 g/mol. The molecule has 0 N–H and O–H groups in total. The Labute approximate surface area is 355 Å². The lowest BCUT2D eigenvalue weighted by molar-refractivity contribution is 0.297. The van der Waals surface area contributed by atoms with Crippen molar-refractivity contribution in [1.82, 2.24) is 0 Å². The summed E-state index contributed by atoms with van der Waals surface area (Å²) in [7, 11) is 0. The highest BCUT2D eigenvalue weighted by atomic mass is 16.5. The van der Waals surface area contributed by atoms with Crippen molar-refractivity contribution in [3.63, 3.8) is 0 Å². The number of rotatable bonds is 4. The molecular formula is C54H43BN2O4. The van der Waals surface area contributed by atoms with E-state index in [1.165, 1.54) is 22.0 Å². The summed E-state index contributed by atoms with van der Waals surface area (Å²) in [5, 5.41) is 2.18. The largest absolute Gasteiger partial charge is 0.489 e. The predicted molar refractivity (Wildman–Crippen MR) is 250 cm³/mol. The number of furan rings is 2. The van der Waals surface area contributed by atoms with Gasteiger partial charge in [0.05, 0.1) is 18.9 Å². The Bertz CT molecular complexity index is 3130. The maximum absolute atomic E-state index is 6.74. The molecule has 3 aliphatic heterocycles. The quantitative estimate of drug-likeness (QED) is 0.165. The van der Waals surface area contributed by atoms with Crippen LogP contribution in [0.3, 0.4) is 0 Å². The van der Waals surface area contributed by atoms with Gasteiger partial charge in [-0.05, 0) is 131 Å². The van der Waals surface area contributed by atoms with Crippen molar-refractivity contribution in [2.24, 2.45) is 0 Å². The zero-order chi connectivity index (χ0) is 41.0. The van der Waals surface area contributed by atoms with Crippen LogP contribution < -0.4 is 35.7 Å². The second-order valence-corrected chi connectivity index (χ2v) is 17.6. The topological polar surface area (TPSA) is 51.2 Å². The molecule has 0 amide bonds. The van der Waals surface area contributed by atoms with Gasteiger partial charge < -0.3 is 28.1 Å².